The summed E-state index contributed by atoms with van der Waals surface area (Å²) in [7, 11) is 0. The van der Waals surface area contributed by atoms with Gasteiger partial charge in [0.15, 0.2) is 0 Å². The molecule has 0 aromatic rings. The Kier molecular flexibility index (Phi) is 208. The van der Waals surface area contributed by atoms with E-state index in [-0.39, 0.29) is 107 Å². The molecule has 20 valence electrons. The molecule has 0 aromatic carbocycles. The van der Waals surface area contributed by atoms with Crippen LogP contribution in [0.1, 0.15) is 0 Å². The average Bonchev–Trinajstić information content (AvgIpc) is 0. The first kappa shape index (κ1) is 39.7. The van der Waals surface area contributed by atoms with Crippen LogP contribution in [0.15, 0.2) is 0 Å². The van der Waals surface area contributed by atoms with Gasteiger partial charge in [-0.05, 0) is 0 Å². The Morgan fingerprint density at radius 3 is 1.00 bits per heavy atom. The van der Waals surface area contributed by atoms with Crippen LogP contribution in [-0.4, -0.2) is 107 Å². The van der Waals surface area contributed by atoms with Crippen LogP contribution >= 0.6 is 0 Å². The van der Waals surface area contributed by atoms with Gasteiger partial charge in [0.2, 0.25) is 0 Å². The molecule has 0 amide bonds. The molecule has 0 atom stereocenters. The van der Waals surface area contributed by atoms with E-state index in [0.717, 1.165) is 0 Å². The second-order valence-electron chi connectivity index (χ2n) is 0. The Bertz CT molecular complexity index is 11.6. The van der Waals surface area contributed by atoms with Crippen LogP contribution in [0.5, 0.6) is 0 Å². The summed E-state index contributed by atoms with van der Waals surface area (Å²) in [4.78, 5) is 0. The van der Waals surface area contributed by atoms with Crippen molar-refractivity contribution in [3.8, 4) is 0 Å². The van der Waals surface area contributed by atoms with Crippen molar-refractivity contribution >= 4 is 107 Å². The summed E-state index contributed by atoms with van der Waals surface area (Å²) in [6, 6.07) is 0. The summed E-state index contributed by atoms with van der Waals surface area (Å²) in [6.45, 7) is 0. The van der Waals surface area contributed by atoms with Crippen LogP contribution in [0.2, 0.25) is 0 Å². The molecule has 0 aliphatic heterocycles. The normalized spacial score (nSPS) is 0. The van der Waals surface area contributed by atoms with E-state index in [2.05, 4.69) is 0 Å². The third kappa shape index (κ3) is 18.7. The minimum atomic E-state index is 0. The van der Waals surface area contributed by atoms with Gasteiger partial charge in [-0.3, -0.25) is 0 Å². The molecule has 5 heteroatoms. The number of hydrogen-bond acceptors (Lipinski definition) is 0. The molecule has 0 saturated heterocycles. The molecule has 0 rings (SSSR count). The minimum absolute atomic E-state index is 0. The van der Waals surface area contributed by atoms with Gasteiger partial charge in [-0.25, -0.2) is 0 Å². The molecule has 5 heavy (non-hydrogen) atoms. The zero-order valence-electron chi connectivity index (χ0n) is 2.86. The van der Waals surface area contributed by atoms with E-state index in [1.807, 2.05) is 0 Å². The molecule has 14 radical (unpaired) electrons. The van der Waals surface area contributed by atoms with Crippen molar-refractivity contribution < 1.29 is 0 Å². The largest absolute Gasteiger partial charge is 0 e. The van der Waals surface area contributed by atoms with Crippen molar-refractivity contribution in [2.45, 2.75) is 0 Å². The van der Waals surface area contributed by atoms with Gasteiger partial charge in [0.05, 0.1) is 0 Å². The van der Waals surface area contributed by atoms with Crippen molar-refractivity contribution in [1.29, 1.82) is 0 Å². The average molecular weight is 579 g/mol. The van der Waals surface area contributed by atoms with Crippen LogP contribution in [0, 0.1) is 0 Å². The van der Waals surface area contributed by atoms with E-state index >= 15 is 0 Å². The molecule has 0 spiro atoms. The molecule has 0 aromatic heterocycles. The van der Waals surface area contributed by atoms with E-state index in [0.29, 0.717) is 0 Å². The fourth-order valence-corrected chi connectivity index (χ4v) is 0. The van der Waals surface area contributed by atoms with Crippen molar-refractivity contribution in [1.82, 2.24) is 0 Å². The molecule has 0 aliphatic rings. The van der Waals surface area contributed by atoms with Crippen molar-refractivity contribution in [3.63, 3.8) is 0 Å². The van der Waals surface area contributed by atoms with Gasteiger partial charge in [0, 0.05) is 107 Å². The summed E-state index contributed by atoms with van der Waals surface area (Å²) in [6.07, 6.45) is 0. The fourth-order valence-electron chi connectivity index (χ4n) is 0. The van der Waals surface area contributed by atoms with Gasteiger partial charge in [0.1, 0.15) is 0 Å². The molecule has 0 aliphatic carbocycles. The Hall–Kier alpha value is 3.41. The Morgan fingerprint density at radius 2 is 1.00 bits per heavy atom. The SMILES string of the molecule is [Bi].[Li].[Pb].[Si].[Te]. The molecular weight excluding hydrogens is 579 g/mol. The molecule has 0 nitrogen and oxygen atoms in total. The van der Waals surface area contributed by atoms with Crippen LogP contribution < -0.4 is 0 Å². The minimum Gasteiger partial charge on any atom is 0 e. The van der Waals surface area contributed by atoms with Gasteiger partial charge in [-0.1, -0.05) is 0 Å². The maximum Gasteiger partial charge on any atom is 0 e. The second-order valence-corrected chi connectivity index (χ2v) is 0. The Morgan fingerprint density at radius 1 is 1.00 bits per heavy atom. The quantitative estimate of drug-likeness (QED) is 0.295. The smallest absolute Gasteiger partial charge is 0 e. The summed E-state index contributed by atoms with van der Waals surface area (Å²) >= 11 is 0. The first-order valence-corrected chi connectivity index (χ1v) is 0. The van der Waals surface area contributed by atoms with Crippen molar-refractivity contribution in [2.24, 2.45) is 0 Å². The van der Waals surface area contributed by atoms with Gasteiger partial charge < -0.3 is 0 Å². The molecule has 0 bridgehead atoms. The Balaban J connectivity index is 0. The monoisotopic (exact) mass is 582 g/mol. The van der Waals surface area contributed by atoms with Gasteiger partial charge >= 0.3 is 0 Å². The maximum absolute atomic E-state index is 0. The number of rotatable bonds is 0. The van der Waals surface area contributed by atoms with Crippen LogP contribution in [0.3, 0.4) is 0 Å². The van der Waals surface area contributed by atoms with E-state index in [9.17, 15) is 0 Å². The number of hydrogen-bond donors (Lipinski definition) is 0. The van der Waals surface area contributed by atoms with Crippen LogP contribution in [0.25, 0.3) is 0 Å². The molecule has 0 N–H and O–H groups in total. The summed E-state index contributed by atoms with van der Waals surface area (Å²) < 4.78 is 0. The van der Waals surface area contributed by atoms with Crippen LogP contribution in [0.4, 0.5) is 0 Å². The maximum atomic E-state index is 0. The second kappa shape index (κ2) is 26.2. The molecular formula is BiLiPbSiTe. The molecule has 0 saturated carbocycles. The third-order valence-electron chi connectivity index (χ3n) is 0. The molecule has 0 fully saturated rings. The molecule has 0 heterocycles. The van der Waals surface area contributed by atoms with Crippen LogP contribution in [-0.2, 0) is 0 Å². The predicted molar refractivity (Wildman–Crippen MR) is 28.8 cm³/mol. The first-order chi connectivity index (χ1) is 0. The summed E-state index contributed by atoms with van der Waals surface area (Å²) in [5, 5.41) is 0. The zero-order valence-corrected chi connectivity index (χ0v) is 13.6. The van der Waals surface area contributed by atoms with Gasteiger partial charge in [-0.2, -0.15) is 0 Å². The third-order valence-corrected chi connectivity index (χ3v) is 0. The van der Waals surface area contributed by atoms with Gasteiger partial charge in [0.25, 0.3) is 0 Å². The van der Waals surface area contributed by atoms with Gasteiger partial charge in [-0.15, -0.1) is 0 Å². The molecule has 0 unspecified atom stereocenters. The van der Waals surface area contributed by atoms with E-state index in [1.54, 1.807) is 0 Å². The standard InChI is InChI=1S/Bi.Li.Pb.Si.Te. The van der Waals surface area contributed by atoms with E-state index in [4.69, 9.17) is 0 Å². The summed E-state index contributed by atoms with van der Waals surface area (Å²) in [5.41, 5.74) is 0. The fraction of sp³-hybridized carbons (Fsp3) is 0. The predicted octanol–water partition coefficient (Wildman–Crippen LogP) is -1.90. The van der Waals surface area contributed by atoms with Crippen molar-refractivity contribution in [2.75, 3.05) is 0 Å². The Labute approximate surface area is 105 Å². The zero-order chi connectivity index (χ0) is 0. The summed E-state index contributed by atoms with van der Waals surface area (Å²) in [5.74, 6) is 0. The topological polar surface area (TPSA) is 0 Å². The van der Waals surface area contributed by atoms with Crippen molar-refractivity contribution in [3.05, 3.63) is 0 Å². The van der Waals surface area contributed by atoms with E-state index in [1.165, 1.54) is 0 Å². The first-order valence-electron chi connectivity index (χ1n) is 0. The van der Waals surface area contributed by atoms with E-state index < -0.39 is 0 Å².